The Morgan fingerprint density at radius 3 is 2.67 bits per heavy atom. The quantitative estimate of drug-likeness (QED) is 0.561. The maximum absolute atomic E-state index is 9.57. The lowest BCUT2D eigenvalue weighted by Gasteiger charge is -2.10. The van der Waals surface area contributed by atoms with E-state index in [1.165, 1.54) is 22.6 Å². The fraction of sp³-hybridized carbons (Fsp3) is 0.0952. The van der Waals surface area contributed by atoms with Crippen LogP contribution in [-0.4, -0.2) is 16.5 Å². The molecule has 0 atom stereocenters. The van der Waals surface area contributed by atoms with Gasteiger partial charge in [0.05, 0.1) is 6.26 Å². The highest BCUT2D eigenvalue weighted by atomic mass is 16.3. The summed E-state index contributed by atoms with van der Waals surface area (Å²) in [6.07, 6.45) is 2.32. The first-order valence-electron chi connectivity index (χ1n) is 8.57. The van der Waals surface area contributed by atoms with E-state index in [9.17, 15) is 5.26 Å². The molecule has 4 aromatic rings. The van der Waals surface area contributed by atoms with Crippen molar-refractivity contribution in [3.8, 4) is 17.5 Å². The zero-order valence-corrected chi connectivity index (χ0v) is 14.5. The average Bonchev–Trinajstić information content (AvgIpc) is 3.22. The number of nitrogens with two attached hydrogens (primary N) is 1. The van der Waals surface area contributed by atoms with Crippen LogP contribution >= 0.6 is 0 Å². The van der Waals surface area contributed by atoms with Gasteiger partial charge in [-0.25, -0.2) is 4.98 Å². The Bertz CT molecular complexity index is 1130. The summed E-state index contributed by atoms with van der Waals surface area (Å²) in [5, 5.41) is 15.2. The van der Waals surface area contributed by atoms with E-state index < -0.39 is 0 Å². The number of hydrogen-bond donors (Lipinski definition) is 2. The summed E-state index contributed by atoms with van der Waals surface area (Å²) in [5.74, 6) is 0.990. The molecule has 132 valence electrons. The van der Waals surface area contributed by atoms with Crippen LogP contribution in [0.1, 0.15) is 11.1 Å². The minimum absolute atomic E-state index is 0.0913. The van der Waals surface area contributed by atoms with Crippen molar-refractivity contribution >= 4 is 22.5 Å². The van der Waals surface area contributed by atoms with E-state index >= 15 is 0 Å². The van der Waals surface area contributed by atoms with Gasteiger partial charge in [0, 0.05) is 6.54 Å². The maximum Gasteiger partial charge on any atom is 0.222 e. The van der Waals surface area contributed by atoms with E-state index in [-0.39, 0.29) is 5.95 Å². The van der Waals surface area contributed by atoms with Gasteiger partial charge in [0.25, 0.3) is 0 Å². The van der Waals surface area contributed by atoms with Crippen LogP contribution < -0.4 is 11.1 Å². The van der Waals surface area contributed by atoms with Gasteiger partial charge in [-0.1, -0.05) is 42.5 Å². The van der Waals surface area contributed by atoms with Crippen LogP contribution in [0.15, 0.2) is 65.3 Å². The molecule has 0 amide bonds. The van der Waals surface area contributed by atoms with Gasteiger partial charge in [0.15, 0.2) is 5.76 Å². The van der Waals surface area contributed by atoms with Gasteiger partial charge in [0.1, 0.15) is 23.1 Å². The topological polar surface area (TPSA) is 101 Å². The zero-order chi connectivity index (χ0) is 18.6. The number of nitrogen functional groups attached to an aromatic ring is 1. The highest BCUT2D eigenvalue weighted by molar-refractivity contribution is 5.83. The normalized spacial score (nSPS) is 10.6. The van der Waals surface area contributed by atoms with Crippen molar-refractivity contribution in [2.45, 2.75) is 6.42 Å². The Morgan fingerprint density at radius 1 is 1.04 bits per heavy atom. The van der Waals surface area contributed by atoms with Gasteiger partial charge < -0.3 is 15.5 Å². The van der Waals surface area contributed by atoms with Crippen LogP contribution in [0, 0.1) is 11.3 Å². The largest absolute Gasteiger partial charge is 0.463 e. The van der Waals surface area contributed by atoms with Crippen LogP contribution in [0.25, 0.3) is 22.2 Å². The van der Waals surface area contributed by atoms with E-state index in [1.54, 1.807) is 12.1 Å². The van der Waals surface area contributed by atoms with Crippen molar-refractivity contribution in [1.29, 1.82) is 5.26 Å². The highest BCUT2D eigenvalue weighted by Gasteiger charge is 2.16. The first-order valence-corrected chi connectivity index (χ1v) is 8.57. The fourth-order valence-electron chi connectivity index (χ4n) is 3.02. The van der Waals surface area contributed by atoms with E-state index in [0.717, 1.165) is 6.42 Å². The Kier molecular flexibility index (Phi) is 4.42. The molecule has 0 spiro atoms. The molecule has 0 radical (unpaired) electrons. The Labute approximate surface area is 156 Å². The molecule has 4 rings (SSSR count). The summed E-state index contributed by atoms with van der Waals surface area (Å²) in [6.45, 7) is 0.612. The fourth-order valence-corrected chi connectivity index (χ4v) is 3.02. The minimum atomic E-state index is 0.0913. The third-order valence-corrected chi connectivity index (χ3v) is 4.31. The first-order chi connectivity index (χ1) is 13.2. The number of fused-ring (bicyclic) bond motifs is 1. The molecule has 6 nitrogen and oxygen atoms in total. The van der Waals surface area contributed by atoms with E-state index in [1.807, 2.05) is 12.1 Å². The smallest absolute Gasteiger partial charge is 0.222 e. The Hall–Kier alpha value is -3.85. The van der Waals surface area contributed by atoms with Crippen molar-refractivity contribution in [3.05, 3.63) is 72.0 Å². The molecular weight excluding hydrogens is 338 g/mol. The van der Waals surface area contributed by atoms with Crippen molar-refractivity contribution < 1.29 is 4.42 Å². The molecule has 0 aliphatic carbocycles. The third kappa shape index (κ3) is 3.44. The van der Waals surface area contributed by atoms with Crippen LogP contribution in [0.2, 0.25) is 0 Å². The SMILES string of the molecule is N#Cc1c(NCCc2ccc3ccccc3c2)nc(N)nc1-c1ccco1. The monoisotopic (exact) mass is 355 g/mol. The van der Waals surface area contributed by atoms with E-state index in [2.05, 4.69) is 51.7 Å². The lowest BCUT2D eigenvalue weighted by molar-refractivity contribution is 0.580. The summed E-state index contributed by atoms with van der Waals surface area (Å²) in [5.41, 5.74) is 7.73. The second-order valence-electron chi connectivity index (χ2n) is 6.10. The number of nitrogens with zero attached hydrogens (tertiary/aromatic N) is 3. The number of anilines is 2. The molecule has 0 aliphatic heterocycles. The standard InChI is InChI=1S/C21H17N5O/c22-13-17-19(18-6-3-11-27-18)25-21(23)26-20(17)24-10-9-14-7-8-15-4-1-2-5-16(15)12-14/h1-8,11-12H,9-10H2,(H3,23,24,25,26). The highest BCUT2D eigenvalue weighted by Crippen LogP contribution is 2.27. The lowest BCUT2D eigenvalue weighted by atomic mass is 10.1. The summed E-state index contributed by atoms with van der Waals surface area (Å²) in [6, 6.07) is 20.3. The molecule has 0 aliphatic rings. The number of hydrogen-bond acceptors (Lipinski definition) is 6. The van der Waals surface area contributed by atoms with E-state index in [0.29, 0.717) is 29.4 Å². The molecule has 2 heterocycles. The van der Waals surface area contributed by atoms with Crippen molar-refractivity contribution in [2.24, 2.45) is 0 Å². The van der Waals surface area contributed by atoms with E-state index in [4.69, 9.17) is 10.2 Å². The summed E-state index contributed by atoms with van der Waals surface area (Å²) in [4.78, 5) is 8.34. The molecule has 0 unspecified atom stereocenters. The molecular formula is C21H17N5O. The molecule has 0 saturated carbocycles. The molecule has 6 heteroatoms. The minimum Gasteiger partial charge on any atom is -0.463 e. The molecule has 2 aromatic carbocycles. The Balaban J connectivity index is 1.54. The van der Waals surface area contributed by atoms with Crippen LogP contribution in [0.5, 0.6) is 0 Å². The first kappa shape index (κ1) is 16.6. The maximum atomic E-state index is 9.57. The number of rotatable bonds is 5. The summed E-state index contributed by atoms with van der Waals surface area (Å²) in [7, 11) is 0. The summed E-state index contributed by atoms with van der Waals surface area (Å²) < 4.78 is 5.36. The van der Waals surface area contributed by atoms with Crippen LogP contribution in [0.3, 0.4) is 0 Å². The molecule has 3 N–H and O–H groups in total. The number of furan rings is 1. The predicted octanol–water partition coefficient (Wildman–Crippen LogP) is 4.00. The van der Waals surface area contributed by atoms with Gasteiger partial charge in [-0.2, -0.15) is 10.2 Å². The molecule has 2 aromatic heterocycles. The lowest BCUT2D eigenvalue weighted by Crippen LogP contribution is -2.11. The zero-order valence-electron chi connectivity index (χ0n) is 14.5. The number of aromatic nitrogens is 2. The van der Waals surface area contributed by atoms with Gasteiger partial charge in [-0.05, 0) is 34.9 Å². The third-order valence-electron chi connectivity index (χ3n) is 4.31. The van der Waals surface area contributed by atoms with Crippen molar-refractivity contribution in [1.82, 2.24) is 9.97 Å². The van der Waals surface area contributed by atoms with Crippen molar-refractivity contribution in [2.75, 3.05) is 17.6 Å². The number of nitriles is 1. The van der Waals surface area contributed by atoms with Gasteiger partial charge in [0.2, 0.25) is 5.95 Å². The molecule has 0 saturated heterocycles. The van der Waals surface area contributed by atoms with Crippen LogP contribution in [0.4, 0.5) is 11.8 Å². The average molecular weight is 355 g/mol. The number of nitrogens with one attached hydrogen (secondary N) is 1. The second-order valence-corrected chi connectivity index (χ2v) is 6.10. The molecule has 0 fully saturated rings. The second kappa shape index (κ2) is 7.18. The van der Waals surface area contributed by atoms with Crippen LogP contribution in [-0.2, 0) is 6.42 Å². The van der Waals surface area contributed by atoms with Gasteiger partial charge >= 0.3 is 0 Å². The van der Waals surface area contributed by atoms with Crippen molar-refractivity contribution in [3.63, 3.8) is 0 Å². The van der Waals surface area contributed by atoms with Gasteiger partial charge in [-0.15, -0.1) is 0 Å². The molecule has 0 bridgehead atoms. The number of benzene rings is 2. The molecule has 27 heavy (non-hydrogen) atoms. The predicted molar refractivity (Wildman–Crippen MR) is 105 cm³/mol. The summed E-state index contributed by atoms with van der Waals surface area (Å²) >= 11 is 0. The van der Waals surface area contributed by atoms with Gasteiger partial charge in [-0.3, -0.25) is 0 Å². The Morgan fingerprint density at radius 2 is 1.89 bits per heavy atom.